The Morgan fingerprint density at radius 2 is 0.425 bits per heavy atom. The monoisotopic (exact) mass is 1540 g/mol. The third kappa shape index (κ3) is 12.2. The quantitative estimate of drug-likeness (QED) is 0.114. The van der Waals surface area contributed by atoms with Crippen LogP contribution in [0.5, 0.6) is 0 Å². The molecule has 0 spiro atoms. The van der Waals surface area contributed by atoms with E-state index in [1.807, 2.05) is 146 Å². The summed E-state index contributed by atoms with van der Waals surface area (Å²) in [4.78, 5) is 40.8. The summed E-state index contributed by atoms with van der Waals surface area (Å²) >= 11 is 0. The lowest BCUT2D eigenvalue weighted by atomic mass is 9.99. The highest BCUT2D eigenvalue weighted by atomic mass is 16.3. The number of hydrogen-bond donors (Lipinski definition) is 0. The lowest BCUT2D eigenvalue weighted by Gasteiger charge is -2.11. The maximum absolute atomic E-state index is 6.58. The van der Waals surface area contributed by atoms with Crippen LogP contribution in [0.15, 0.2) is 406 Å². The molecule has 0 unspecified atom stereocenters. The molecule has 0 aliphatic carbocycles. The SMILES string of the molecule is c1ccc(-c2ccc3c(c2)nc(-c2ccc(-c4nc(-c5ccccc5)nc(-c5ccc(-c6cccc7c6oc6ccccc67)cc5)n4)cc2)c2oc4ccccc4c23)cc1.c1ccc(-c2ccc3c(c2)nc(-c2ccc(-c4nc(-c5ccccc5)nc(-c5cccc(-c6cccc7c6oc6ccccc67)c5)n4)cc2)c2oc4ccccc4c23)cc1. The molecule has 0 saturated carbocycles. The molecular formula is C108H64N8O4. The molecule has 0 radical (unpaired) electrons. The molecule has 0 saturated heterocycles. The second-order valence-electron chi connectivity index (χ2n) is 29.9. The van der Waals surface area contributed by atoms with Crippen LogP contribution in [-0.4, -0.2) is 39.9 Å². The molecule has 0 aliphatic rings. The zero-order valence-electron chi connectivity index (χ0n) is 64.2. The van der Waals surface area contributed by atoms with E-state index < -0.39 is 0 Å². The maximum Gasteiger partial charge on any atom is 0.164 e. The Morgan fingerprint density at radius 1 is 0.150 bits per heavy atom. The van der Waals surface area contributed by atoms with E-state index in [1.54, 1.807) is 0 Å². The highest BCUT2D eigenvalue weighted by Gasteiger charge is 2.24. The van der Waals surface area contributed by atoms with Crippen molar-refractivity contribution in [3.8, 4) is 135 Å². The van der Waals surface area contributed by atoms with E-state index in [0.717, 1.165) is 210 Å². The van der Waals surface area contributed by atoms with Gasteiger partial charge in [-0.25, -0.2) is 39.9 Å². The summed E-state index contributed by atoms with van der Waals surface area (Å²) in [6.07, 6.45) is 0. The average Bonchev–Trinajstić information content (AvgIpc) is 1.38. The smallest absolute Gasteiger partial charge is 0.164 e. The van der Waals surface area contributed by atoms with E-state index in [-0.39, 0.29) is 0 Å². The first-order chi connectivity index (χ1) is 59.4. The number of pyridine rings is 2. The molecular weight excluding hydrogens is 1470 g/mol. The van der Waals surface area contributed by atoms with Crippen LogP contribution in [0.1, 0.15) is 0 Å². The normalized spacial score (nSPS) is 11.7. The van der Waals surface area contributed by atoms with Gasteiger partial charge in [0.25, 0.3) is 0 Å². The number of para-hydroxylation sites is 6. The Bertz CT molecular complexity index is 8130. The van der Waals surface area contributed by atoms with Crippen LogP contribution in [0.3, 0.4) is 0 Å². The fraction of sp³-hybridized carbons (Fsp3) is 0. The molecule has 0 bridgehead atoms. The number of fused-ring (bicyclic) bond motifs is 16. The number of rotatable bonds is 12. The minimum Gasteiger partial charge on any atom is -0.455 e. The minimum absolute atomic E-state index is 0.572. The van der Waals surface area contributed by atoms with Gasteiger partial charge in [-0.05, 0) is 75.8 Å². The van der Waals surface area contributed by atoms with E-state index in [2.05, 4.69) is 243 Å². The van der Waals surface area contributed by atoms with Crippen molar-refractivity contribution in [1.82, 2.24) is 39.9 Å². The van der Waals surface area contributed by atoms with Gasteiger partial charge in [-0.2, -0.15) is 0 Å². The Labute approximate surface area is 686 Å². The van der Waals surface area contributed by atoms with Crippen LogP contribution in [0, 0.1) is 0 Å². The summed E-state index contributed by atoms with van der Waals surface area (Å²) < 4.78 is 25.9. The predicted molar refractivity (Wildman–Crippen MR) is 485 cm³/mol. The molecule has 12 nitrogen and oxygen atoms in total. The highest BCUT2D eigenvalue weighted by Crippen LogP contribution is 2.45. The largest absolute Gasteiger partial charge is 0.455 e. The number of aromatic nitrogens is 8. The van der Waals surface area contributed by atoms with Gasteiger partial charge in [-0.1, -0.05) is 346 Å². The van der Waals surface area contributed by atoms with Gasteiger partial charge in [-0.3, -0.25) is 0 Å². The standard InChI is InChI=1S/2C54H32N4O2/c1-3-13-33(14-4-1)37-29-30-43-45(32-37)55-49(51-48(43)44-20-8-10-24-47(44)60-51)34-25-27-36(28-26-34)53-56-52(35-15-5-2-6-16-35)57-54(58-53)39-18-11-17-38(31-39)40-21-12-22-42-41-19-7-9-23-46(41)59-50(40)42;1-3-12-33(13-4-1)39-30-31-43-45(32-39)55-49(51-48(43)44-17-8-10-21-47(44)60-51)35-24-28-38(29-25-35)54-57-52(36-14-5-2-6-15-36)56-53(58-54)37-26-22-34(23-27-37)40-18-11-19-42-41-16-7-9-20-46(41)59-50(40)42/h2*1-32H. The Balaban J connectivity index is 0.000000140. The topological polar surface area (TPSA) is 156 Å². The van der Waals surface area contributed by atoms with Gasteiger partial charge < -0.3 is 17.7 Å². The van der Waals surface area contributed by atoms with Crippen LogP contribution in [-0.2, 0) is 0 Å². The summed E-state index contributed by atoms with van der Waals surface area (Å²) in [6, 6.07) is 132. The summed E-state index contributed by atoms with van der Waals surface area (Å²) in [7, 11) is 0. The lowest BCUT2D eigenvalue weighted by molar-refractivity contribution is 0.668. The van der Waals surface area contributed by atoms with Crippen molar-refractivity contribution in [3.63, 3.8) is 0 Å². The van der Waals surface area contributed by atoms with E-state index in [4.69, 9.17) is 57.5 Å². The third-order valence-electron chi connectivity index (χ3n) is 22.7. The fourth-order valence-electron chi connectivity index (χ4n) is 16.8. The van der Waals surface area contributed by atoms with Gasteiger partial charge >= 0.3 is 0 Å². The van der Waals surface area contributed by atoms with Crippen molar-refractivity contribution < 1.29 is 17.7 Å². The van der Waals surface area contributed by atoms with E-state index in [0.29, 0.717) is 34.9 Å². The molecule has 560 valence electrons. The van der Waals surface area contributed by atoms with Gasteiger partial charge in [0.15, 0.2) is 46.1 Å². The number of benzene rings is 16. The van der Waals surface area contributed by atoms with Crippen molar-refractivity contribution in [2.75, 3.05) is 0 Å². The Kier molecular flexibility index (Phi) is 16.6. The molecule has 0 N–H and O–H groups in total. The van der Waals surface area contributed by atoms with Crippen LogP contribution in [0.2, 0.25) is 0 Å². The molecule has 0 atom stereocenters. The number of furan rings is 4. The van der Waals surface area contributed by atoms with E-state index in [1.165, 1.54) is 0 Å². The molecule has 8 aromatic heterocycles. The summed E-state index contributed by atoms with van der Waals surface area (Å²) in [5.41, 5.74) is 25.8. The van der Waals surface area contributed by atoms with Crippen molar-refractivity contribution in [3.05, 3.63) is 388 Å². The molecule has 12 heteroatoms. The zero-order valence-corrected chi connectivity index (χ0v) is 64.2. The number of nitrogens with zero attached hydrogens (tertiary/aromatic N) is 8. The maximum atomic E-state index is 6.58. The van der Waals surface area contributed by atoms with Crippen molar-refractivity contribution in [2.24, 2.45) is 0 Å². The Hall–Kier alpha value is -16.4. The fourth-order valence-corrected chi connectivity index (χ4v) is 16.8. The molecule has 0 amide bonds. The molecule has 120 heavy (non-hydrogen) atoms. The first-order valence-electron chi connectivity index (χ1n) is 39.9. The second-order valence-corrected chi connectivity index (χ2v) is 29.9. The van der Waals surface area contributed by atoms with Crippen LogP contribution in [0.25, 0.3) is 245 Å². The van der Waals surface area contributed by atoms with Crippen LogP contribution >= 0.6 is 0 Å². The first kappa shape index (κ1) is 69.1. The van der Waals surface area contributed by atoms with Gasteiger partial charge in [0.1, 0.15) is 44.9 Å². The predicted octanol–water partition coefficient (Wildman–Crippen LogP) is 28.4. The van der Waals surface area contributed by atoms with Crippen molar-refractivity contribution in [1.29, 1.82) is 0 Å². The van der Waals surface area contributed by atoms with Crippen molar-refractivity contribution >= 4 is 110 Å². The molecule has 0 fully saturated rings. The first-order valence-corrected chi connectivity index (χ1v) is 39.9. The van der Waals surface area contributed by atoms with Gasteiger partial charge in [0.05, 0.1) is 11.0 Å². The van der Waals surface area contributed by atoms with Gasteiger partial charge in [0.2, 0.25) is 0 Å². The summed E-state index contributed by atoms with van der Waals surface area (Å²) in [6.45, 7) is 0. The summed E-state index contributed by atoms with van der Waals surface area (Å²) in [5, 5.41) is 10.8. The molecule has 16 aromatic carbocycles. The Morgan fingerprint density at radius 3 is 0.833 bits per heavy atom. The van der Waals surface area contributed by atoms with Crippen LogP contribution < -0.4 is 0 Å². The lowest BCUT2D eigenvalue weighted by Crippen LogP contribution is -2.00. The molecule has 24 rings (SSSR count). The van der Waals surface area contributed by atoms with Gasteiger partial charge in [0, 0.05) is 109 Å². The molecule has 24 aromatic rings. The molecule has 0 aliphatic heterocycles. The summed E-state index contributed by atoms with van der Waals surface area (Å²) in [5.74, 6) is 3.52. The van der Waals surface area contributed by atoms with Gasteiger partial charge in [-0.15, -0.1) is 0 Å². The third-order valence-corrected chi connectivity index (χ3v) is 22.7. The van der Waals surface area contributed by atoms with E-state index in [9.17, 15) is 0 Å². The van der Waals surface area contributed by atoms with Crippen molar-refractivity contribution in [2.45, 2.75) is 0 Å². The highest BCUT2D eigenvalue weighted by molar-refractivity contribution is 6.23. The average molecular weight is 1540 g/mol. The second kappa shape index (κ2) is 28.8. The van der Waals surface area contributed by atoms with Crippen LogP contribution in [0.4, 0.5) is 0 Å². The molecule has 8 heterocycles. The zero-order chi connectivity index (χ0) is 79.1. The minimum atomic E-state index is 0.572. The number of hydrogen-bond acceptors (Lipinski definition) is 12. The van der Waals surface area contributed by atoms with E-state index >= 15 is 0 Å².